The van der Waals surface area contributed by atoms with E-state index in [9.17, 15) is 28.9 Å². The fourth-order valence-corrected chi connectivity index (χ4v) is 3.17. The molecule has 0 spiro atoms. The molecule has 1 saturated heterocycles. The molecule has 3 aromatic rings. The summed E-state index contributed by atoms with van der Waals surface area (Å²) in [7, 11) is 0. The van der Waals surface area contributed by atoms with Crippen LogP contribution >= 0.6 is 11.6 Å². The van der Waals surface area contributed by atoms with Crippen molar-refractivity contribution in [2.45, 2.75) is 0 Å². The molecule has 1 N–H and O–H groups in total. The number of furan rings is 1. The van der Waals surface area contributed by atoms with Crippen molar-refractivity contribution in [3.8, 4) is 11.3 Å². The molecule has 4 amide bonds. The van der Waals surface area contributed by atoms with Crippen LogP contribution < -0.4 is 10.2 Å². The van der Waals surface area contributed by atoms with E-state index >= 15 is 0 Å². The molecule has 1 aliphatic rings. The lowest BCUT2D eigenvalue weighted by atomic mass is 10.1. The number of carbonyl (C=O) groups excluding carboxylic acids is 3. The normalized spacial score (nSPS) is 15.2. The van der Waals surface area contributed by atoms with E-state index in [1.54, 1.807) is 6.07 Å². The van der Waals surface area contributed by atoms with Crippen LogP contribution in [0.25, 0.3) is 17.4 Å². The second kappa shape index (κ2) is 8.08. The minimum absolute atomic E-state index is 0.0394. The van der Waals surface area contributed by atoms with Gasteiger partial charge in [-0.3, -0.25) is 25.0 Å². The number of amides is 4. The highest BCUT2D eigenvalue weighted by atomic mass is 35.5. The van der Waals surface area contributed by atoms with Crippen molar-refractivity contribution in [3.05, 3.63) is 86.9 Å². The summed E-state index contributed by atoms with van der Waals surface area (Å²) in [6, 6.07) is 10.7. The number of carbonyl (C=O) groups is 3. The monoisotopic (exact) mass is 455 g/mol. The number of nitro groups is 1. The number of urea groups is 1. The third-order valence-electron chi connectivity index (χ3n) is 4.54. The van der Waals surface area contributed by atoms with E-state index in [2.05, 4.69) is 0 Å². The molecule has 0 unspecified atom stereocenters. The van der Waals surface area contributed by atoms with Crippen LogP contribution in [0.2, 0.25) is 5.02 Å². The molecule has 11 heteroatoms. The van der Waals surface area contributed by atoms with Crippen LogP contribution in [0, 0.1) is 15.9 Å². The van der Waals surface area contributed by atoms with E-state index in [1.807, 2.05) is 5.32 Å². The Morgan fingerprint density at radius 1 is 1.06 bits per heavy atom. The van der Waals surface area contributed by atoms with Crippen LogP contribution in [0.4, 0.5) is 20.6 Å². The fourth-order valence-electron chi connectivity index (χ4n) is 2.99. The molecule has 2 aromatic carbocycles. The number of hydrogen-bond donors (Lipinski definition) is 1. The maximum absolute atomic E-state index is 13.4. The first kappa shape index (κ1) is 20.9. The smallest absolute Gasteiger partial charge is 0.335 e. The quantitative estimate of drug-likeness (QED) is 0.270. The third-order valence-corrected chi connectivity index (χ3v) is 4.83. The van der Waals surface area contributed by atoms with Gasteiger partial charge in [-0.15, -0.1) is 0 Å². The van der Waals surface area contributed by atoms with Gasteiger partial charge in [0.25, 0.3) is 17.5 Å². The number of nitrogens with one attached hydrogen (secondary N) is 1. The van der Waals surface area contributed by atoms with Crippen LogP contribution in [0.5, 0.6) is 0 Å². The number of nitrogens with zero attached hydrogens (tertiary/aromatic N) is 2. The second-order valence-electron chi connectivity index (χ2n) is 6.56. The Morgan fingerprint density at radius 2 is 1.78 bits per heavy atom. The minimum Gasteiger partial charge on any atom is -0.457 e. The molecule has 32 heavy (non-hydrogen) atoms. The average Bonchev–Trinajstić information content (AvgIpc) is 3.22. The highest BCUT2D eigenvalue weighted by Crippen LogP contribution is 2.28. The summed E-state index contributed by atoms with van der Waals surface area (Å²) in [5.74, 6) is -2.02. The maximum Gasteiger partial charge on any atom is 0.335 e. The number of benzene rings is 2. The number of nitro benzene ring substituents is 1. The zero-order valence-corrected chi connectivity index (χ0v) is 16.6. The minimum atomic E-state index is -0.993. The molecule has 4 rings (SSSR count). The first-order valence-corrected chi connectivity index (χ1v) is 9.33. The van der Waals surface area contributed by atoms with E-state index < -0.39 is 28.6 Å². The van der Waals surface area contributed by atoms with Gasteiger partial charge in [-0.25, -0.2) is 14.1 Å². The lowest BCUT2D eigenvalue weighted by Crippen LogP contribution is -2.54. The Labute approximate surface area is 183 Å². The van der Waals surface area contributed by atoms with Crippen molar-refractivity contribution in [1.29, 1.82) is 0 Å². The predicted molar refractivity (Wildman–Crippen MR) is 111 cm³/mol. The predicted octanol–water partition coefficient (Wildman–Crippen LogP) is 4.31. The van der Waals surface area contributed by atoms with Crippen LogP contribution in [0.3, 0.4) is 0 Å². The molecule has 1 aromatic heterocycles. The lowest BCUT2D eigenvalue weighted by molar-refractivity contribution is -0.384. The van der Waals surface area contributed by atoms with Crippen LogP contribution in [0.15, 0.2) is 64.6 Å². The number of hydrogen-bond acceptors (Lipinski definition) is 6. The molecule has 9 nitrogen and oxygen atoms in total. The van der Waals surface area contributed by atoms with Crippen molar-refractivity contribution in [3.63, 3.8) is 0 Å². The summed E-state index contributed by atoms with van der Waals surface area (Å²) in [6.07, 6.45) is 1.15. The SMILES string of the molecule is O=C1NC(=O)N(c2ccc([N+](=O)[O-])cc2)C(=O)/C1=C\c1ccc(-c2ccc(F)c(Cl)c2)o1. The summed E-state index contributed by atoms with van der Waals surface area (Å²) in [5.41, 5.74) is -0.101. The van der Waals surface area contributed by atoms with Crippen LogP contribution in [0.1, 0.15) is 5.76 Å². The summed E-state index contributed by atoms with van der Waals surface area (Å²) in [6.45, 7) is 0. The number of anilines is 1. The standard InChI is InChI=1S/C21H11ClFN3O6/c22-16-9-11(1-7-17(16)23)18-8-6-14(32-18)10-15-19(27)24-21(29)25(20(15)28)12-2-4-13(5-3-12)26(30)31/h1-10H,(H,24,27,29)/b15-10-. The molecule has 0 saturated carbocycles. The van der Waals surface area contributed by atoms with E-state index in [4.69, 9.17) is 16.0 Å². The first-order chi connectivity index (χ1) is 15.2. The molecule has 0 radical (unpaired) electrons. The maximum atomic E-state index is 13.4. The van der Waals surface area contributed by atoms with Crippen LogP contribution in [-0.4, -0.2) is 22.8 Å². The fraction of sp³-hybridized carbons (Fsp3) is 0. The molecular weight excluding hydrogens is 445 g/mol. The molecule has 0 aliphatic carbocycles. The second-order valence-corrected chi connectivity index (χ2v) is 6.97. The average molecular weight is 456 g/mol. The number of rotatable bonds is 4. The Kier molecular flexibility index (Phi) is 5.29. The topological polar surface area (TPSA) is 123 Å². The van der Waals surface area contributed by atoms with Gasteiger partial charge >= 0.3 is 6.03 Å². The van der Waals surface area contributed by atoms with Gasteiger partial charge in [0.05, 0.1) is 15.6 Å². The van der Waals surface area contributed by atoms with Gasteiger partial charge in [-0.2, -0.15) is 0 Å². The molecule has 1 fully saturated rings. The molecule has 160 valence electrons. The lowest BCUT2D eigenvalue weighted by Gasteiger charge is -2.26. The van der Waals surface area contributed by atoms with E-state index in [-0.39, 0.29) is 27.7 Å². The summed E-state index contributed by atoms with van der Waals surface area (Å²) >= 11 is 5.78. The van der Waals surface area contributed by atoms with Crippen molar-refractivity contribution < 1.29 is 28.1 Å². The van der Waals surface area contributed by atoms with Gasteiger partial charge in [-0.05, 0) is 48.5 Å². The molecule has 0 bridgehead atoms. The van der Waals surface area contributed by atoms with Gasteiger partial charge in [0, 0.05) is 17.7 Å². The van der Waals surface area contributed by atoms with Gasteiger partial charge in [0.1, 0.15) is 22.9 Å². The van der Waals surface area contributed by atoms with Crippen LogP contribution in [-0.2, 0) is 9.59 Å². The Morgan fingerprint density at radius 3 is 2.44 bits per heavy atom. The van der Waals surface area contributed by atoms with Crippen molar-refractivity contribution >= 4 is 46.9 Å². The van der Waals surface area contributed by atoms with Gasteiger partial charge in [0.15, 0.2) is 0 Å². The highest BCUT2D eigenvalue weighted by Gasteiger charge is 2.37. The summed E-state index contributed by atoms with van der Waals surface area (Å²) in [5, 5.41) is 12.8. The molecule has 1 aliphatic heterocycles. The van der Waals surface area contributed by atoms with Gasteiger partial charge in [0.2, 0.25) is 0 Å². The number of halogens is 2. The zero-order valence-electron chi connectivity index (χ0n) is 15.9. The van der Waals surface area contributed by atoms with E-state index in [0.717, 1.165) is 18.2 Å². The van der Waals surface area contributed by atoms with E-state index in [0.29, 0.717) is 16.2 Å². The number of non-ortho nitro benzene ring substituents is 1. The van der Waals surface area contributed by atoms with E-state index in [1.165, 1.54) is 36.4 Å². The van der Waals surface area contributed by atoms with Crippen molar-refractivity contribution in [1.82, 2.24) is 5.32 Å². The largest absolute Gasteiger partial charge is 0.457 e. The van der Waals surface area contributed by atoms with Crippen molar-refractivity contribution in [2.24, 2.45) is 0 Å². The van der Waals surface area contributed by atoms with Gasteiger partial charge < -0.3 is 4.42 Å². The summed E-state index contributed by atoms with van der Waals surface area (Å²) < 4.78 is 19.0. The van der Waals surface area contributed by atoms with Gasteiger partial charge in [-0.1, -0.05) is 11.6 Å². The highest BCUT2D eigenvalue weighted by molar-refractivity contribution is 6.39. The van der Waals surface area contributed by atoms with Crippen molar-refractivity contribution in [2.75, 3.05) is 4.90 Å². The summed E-state index contributed by atoms with van der Waals surface area (Å²) in [4.78, 5) is 48.2. The Balaban J connectivity index is 1.65. The molecule has 2 heterocycles. The molecule has 0 atom stereocenters. The number of barbiturate groups is 1. The zero-order chi connectivity index (χ0) is 23.0. The molecular formula is C21H11ClFN3O6. The Hall–Kier alpha value is -4.31. The Bertz CT molecular complexity index is 1320. The third kappa shape index (κ3) is 3.86. The number of imide groups is 2. The first-order valence-electron chi connectivity index (χ1n) is 8.96.